The van der Waals surface area contributed by atoms with Crippen molar-refractivity contribution in [2.75, 3.05) is 41.3 Å². The third-order valence-electron chi connectivity index (χ3n) is 5.40. The van der Waals surface area contributed by atoms with Crippen LogP contribution in [0.5, 0.6) is 0 Å². The summed E-state index contributed by atoms with van der Waals surface area (Å²) in [5.41, 5.74) is 5.05. The van der Waals surface area contributed by atoms with E-state index in [9.17, 15) is 4.39 Å². The van der Waals surface area contributed by atoms with Crippen LogP contribution in [0.2, 0.25) is 0 Å². The van der Waals surface area contributed by atoms with Crippen molar-refractivity contribution in [2.45, 2.75) is 20.8 Å². The zero-order chi connectivity index (χ0) is 20.4. The molecule has 1 aromatic heterocycles. The van der Waals surface area contributed by atoms with E-state index in [4.69, 9.17) is 4.98 Å². The third kappa shape index (κ3) is 4.31. The van der Waals surface area contributed by atoms with Gasteiger partial charge in [-0.25, -0.2) is 9.37 Å². The van der Waals surface area contributed by atoms with Gasteiger partial charge in [0, 0.05) is 43.6 Å². The molecule has 150 valence electrons. The molecular formula is C23H26FN5. The number of aryl methyl sites for hydroxylation is 3. The number of hydrogen-bond donors (Lipinski definition) is 1. The summed E-state index contributed by atoms with van der Waals surface area (Å²) in [6.45, 7) is 9.25. The topological polar surface area (TPSA) is 44.3 Å². The molecule has 3 aromatic rings. The van der Waals surface area contributed by atoms with Gasteiger partial charge in [0.1, 0.15) is 11.6 Å². The van der Waals surface area contributed by atoms with E-state index >= 15 is 0 Å². The van der Waals surface area contributed by atoms with Crippen LogP contribution in [0.3, 0.4) is 0 Å². The first-order valence-electron chi connectivity index (χ1n) is 9.94. The zero-order valence-corrected chi connectivity index (χ0v) is 17.1. The molecule has 1 N–H and O–H groups in total. The second-order valence-corrected chi connectivity index (χ2v) is 7.54. The minimum atomic E-state index is -0.168. The van der Waals surface area contributed by atoms with Gasteiger partial charge in [-0.2, -0.15) is 4.98 Å². The molecule has 4 rings (SSSR count). The Bertz CT molecular complexity index is 1010. The molecule has 2 aromatic carbocycles. The number of aromatic nitrogens is 2. The van der Waals surface area contributed by atoms with Crippen LogP contribution in [0.25, 0.3) is 0 Å². The van der Waals surface area contributed by atoms with Crippen LogP contribution in [-0.4, -0.2) is 36.1 Å². The lowest BCUT2D eigenvalue weighted by atomic mass is 10.1. The van der Waals surface area contributed by atoms with Crippen LogP contribution in [0.15, 0.2) is 48.5 Å². The Morgan fingerprint density at radius 1 is 0.828 bits per heavy atom. The van der Waals surface area contributed by atoms with E-state index < -0.39 is 0 Å². The number of rotatable bonds is 4. The molecule has 0 radical (unpaired) electrons. The van der Waals surface area contributed by atoms with Gasteiger partial charge in [-0.3, -0.25) is 0 Å². The lowest BCUT2D eigenvalue weighted by molar-refractivity contribution is 0.596. The summed E-state index contributed by atoms with van der Waals surface area (Å²) in [6, 6.07) is 15.2. The molecule has 0 saturated carbocycles. The molecule has 1 aliphatic rings. The number of piperazine rings is 1. The fourth-order valence-corrected chi connectivity index (χ4v) is 3.60. The Morgan fingerprint density at radius 3 is 2.28 bits per heavy atom. The molecule has 0 spiro atoms. The molecule has 0 atom stereocenters. The fourth-order valence-electron chi connectivity index (χ4n) is 3.60. The van der Waals surface area contributed by atoms with Crippen LogP contribution in [0.1, 0.15) is 16.8 Å². The van der Waals surface area contributed by atoms with Crippen LogP contribution >= 0.6 is 0 Å². The van der Waals surface area contributed by atoms with E-state index in [0.29, 0.717) is 11.6 Å². The molecular weight excluding hydrogens is 365 g/mol. The largest absolute Gasteiger partial charge is 0.366 e. The number of para-hydroxylation sites is 1. The number of nitrogens with zero attached hydrogens (tertiary/aromatic N) is 4. The Kier molecular flexibility index (Phi) is 5.34. The molecule has 1 saturated heterocycles. The molecule has 0 unspecified atom stereocenters. The molecule has 0 aliphatic carbocycles. The fraction of sp³-hybridized carbons (Fsp3) is 0.304. The summed E-state index contributed by atoms with van der Waals surface area (Å²) in [7, 11) is 0. The van der Waals surface area contributed by atoms with Crippen molar-refractivity contribution in [3.8, 4) is 0 Å². The third-order valence-corrected chi connectivity index (χ3v) is 5.40. The average molecular weight is 391 g/mol. The molecule has 0 amide bonds. The van der Waals surface area contributed by atoms with E-state index in [0.717, 1.165) is 43.4 Å². The Balaban J connectivity index is 1.48. The van der Waals surface area contributed by atoms with Crippen molar-refractivity contribution in [3.63, 3.8) is 0 Å². The van der Waals surface area contributed by atoms with Crippen LogP contribution in [-0.2, 0) is 0 Å². The number of anilines is 4. The Hall–Kier alpha value is -3.15. The number of halogens is 1. The summed E-state index contributed by atoms with van der Waals surface area (Å²) in [5, 5.41) is 3.33. The molecule has 1 aliphatic heterocycles. The Morgan fingerprint density at radius 2 is 1.55 bits per heavy atom. The maximum absolute atomic E-state index is 14.1. The van der Waals surface area contributed by atoms with Gasteiger partial charge in [-0.15, -0.1) is 0 Å². The first-order valence-corrected chi connectivity index (χ1v) is 9.94. The highest BCUT2D eigenvalue weighted by Crippen LogP contribution is 2.24. The number of nitrogens with one attached hydrogen (secondary N) is 1. The number of hydrogen-bond acceptors (Lipinski definition) is 5. The highest BCUT2D eigenvalue weighted by molar-refractivity contribution is 5.58. The van der Waals surface area contributed by atoms with E-state index in [1.807, 2.05) is 31.2 Å². The highest BCUT2D eigenvalue weighted by atomic mass is 19.1. The zero-order valence-electron chi connectivity index (χ0n) is 17.1. The second-order valence-electron chi connectivity index (χ2n) is 7.54. The smallest absolute Gasteiger partial charge is 0.229 e. The van der Waals surface area contributed by atoms with E-state index in [1.165, 1.54) is 17.2 Å². The highest BCUT2D eigenvalue weighted by Gasteiger charge is 2.21. The van der Waals surface area contributed by atoms with Crippen LogP contribution < -0.4 is 15.1 Å². The quantitative estimate of drug-likeness (QED) is 0.704. The van der Waals surface area contributed by atoms with Gasteiger partial charge in [0.2, 0.25) is 5.95 Å². The normalized spacial score (nSPS) is 14.2. The molecule has 6 heteroatoms. The van der Waals surface area contributed by atoms with Gasteiger partial charge in [0.25, 0.3) is 0 Å². The summed E-state index contributed by atoms with van der Waals surface area (Å²) >= 11 is 0. The minimum absolute atomic E-state index is 0.168. The summed E-state index contributed by atoms with van der Waals surface area (Å²) in [6.07, 6.45) is 0. The van der Waals surface area contributed by atoms with E-state index in [2.05, 4.69) is 46.1 Å². The SMILES string of the molecule is Cc1cc(N2CCN(c3ccccc3F)CC2)nc(Nc2ccc(C)c(C)c2)n1. The molecule has 0 bridgehead atoms. The lowest BCUT2D eigenvalue weighted by Crippen LogP contribution is -2.47. The molecule has 5 nitrogen and oxygen atoms in total. The number of benzene rings is 2. The second kappa shape index (κ2) is 8.07. The minimum Gasteiger partial charge on any atom is -0.366 e. The molecule has 29 heavy (non-hydrogen) atoms. The van der Waals surface area contributed by atoms with Gasteiger partial charge in [0.05, 0.1) is 5.69 Å². The van der Waals surface area contributed by atoms with E-state index in [1.54, 1.807) is 6.07 Å². The summed E-state index contributed by atoms with van der Waals surface area (Å²) < 4.78 is 14.1. The van der Waals surface area contributed by atoms with Crippen molar-refractivity contribution in [1.29, 1.82) is 0 Å². The van der Waals surface area contributed by atoms with Gasteiger partial charge >= 0.3 is 0 Å². The molecule has 2 heterocycles. The van der Waals surface area contributed by atoms with Crippen LogP contribution in [0, 0.1) is 26.6 Å². The standard InChI is InChI=1S/C23H26FN5/c1-16-8-9-19(14-17(16)2)26-23-25-18(3)15-22(27-23)29-12-10-28(11-13-29)21-7-5-4-6-20(21)24/h4-9,14-15H,10-13H2,1-3H3,(H,25,26,27). The maximum atomic E-state index is 14.1. The van der Waals surface area contributed by atoms with Gasteiger partial charge in [-0.1, -0.05) is 18.2 Å². The summed E-state index contributed by atoms with van der Waals surface area (Å²) in [5.74, 6) is 1.33. The first kappa shape index (κ1) is 19.2. The Labute approximate surface area is 171 Å². The van der Waals surface area contributed by atoms with Gasteiger partial charge in [0.15, 0.2) is 0 Å². The van der Waals surface area contributed by atoms with Crippen LogP contribution in [0.4, 0.5) is 27.5 Å². The van der Waals surface area contributed by atoms with Crippen molar-refractivity contribution in [1.82, 2.24) is 9.97 Å². The predicted molar refractivity (Wildman–Crippen MR) is 117 cm³/mol. The van der Waals surface area contributed by atoms with Crippen molar-refractivity contribution in [3.05, 3.63) is 71.2 Å². The van der Waals surface area contributed by atoms with E-state index in [-0.39, 0.29) is 5.82 Å². The van der Waals surface area contributed by atoms with Gasteiger partial charge in [-0.05, 0) is 56.2 Å². The summed E-state index contributed by atoms with van der Waals surface area (Å²) in [4.78, 5) is 13.6. The van der Waals surface area contributed by atoms with Crippen molar-refractivity contribution < 1.29 is 4.39 Å². The van der Waals surface area contributed by atoms with Crippen molar-refractivity contribution >= 4 is 23.1 Å². The molecule has 1 fully saturated rings. The maximum Gasteiger partial charge on any atom is 0.229 e. The predicted octanol–water partition coefficient (Wildman–Crippen LogP) is 4.61. The average Bonchev–Trinajstić information content (AvgIpc) is 2.71. The van der Waals surface area contributed by atoms with Gasteiger partial charge < -0.3 is 15.1 Å². The monoisotopic (exact) mass is 391 g/mol. The first-order chi connectivity index (χ1) is 14.0. The lowest BCUT2D eigenvalue weighted by Gasteiger charge is -2.37. The van der Waals surface area contributed by atoms with Crippen molar-refractivity contribution in [2.24, 2.45) is 0 Å².